The first kappa shape index (κ1) is 21.1. The fraction of sp³-hybridized carbons (Fsp3) is 0.333. The van der Waals surface area contributed by atoms with Gasteiger partial charge in [0.25, 0.3) is 5.56 Å². The van der Waals surface area contributed by atoms with E-state index in [1.807, 2.05) is 20.8 Å². The summed E-state index contributed by atoms with van der Waals surface area (Å²) in [5, 5.41) is 10.1. The van der Waals surface area contributed by atoms with Crippen LogP contribution in [0.15, 0.2) is 35.1 Å². The summed E-state index contributed by atoms with van der Waals surface area (Å²) in [6, 6.07) is 8.33. The van der Waals surface area contributed by atoms with Crippen molar-refractivity contribution < 1.29 is 9.53 Å². The summed E-state index contributed by atoms with van der Waals surface area (Å²) in [5.74, 6) is 1.24. The van der Waals surface area contributed by atoms with Crippen LogP contribution in [-0.2, 0) is 5.41 Å². The fourth-order valence-electron chi connectivity index (χ4n) is 2.71. The Morgan fingerprint density at radius 3 is 2.53 bits per heavy atom. The molecule has 158 valence electrons. The largest absolute Gasteiger partial charge is 0.497 e. The summed E-state index contributed by atoms with van der Waals surface area (Å²) in [6.45, 7) is 9.49. The van der Waals surface area contributed by atoms with E-state index in [2.05, 4.69) is 25.7 Å². The number of benzene rings is 1. The van der Waals surface area contributed by atoms with Gasteiger partial charge in [0.15, 0.2) is 0 Å². The van der Waals surface area contributed by atoms with Crippen LogP contribution in [0.5, 0.6) is 5.75 Å². The summed E-state index contributed by atoms with van der Waals surface area (Å²) in [4.78, 5) is 32.0. The van der Waals surface area contributed by atoms with Crippen molar-refractivity contribution in [3.8, 4) is 11.7 Å². The number of hydrogen-bond acceptors (Lipinski definition) is 5. The molecule has 30 heavy (non-hydrogen) atoms. The van der Waals surface area contributed by atoms with Crippen molar-refractivity contribution in [3.05, 3.63) is 57.6 Å². The van der Waals surface area contributed by atoms with Gasteiger partial charge >= 0.3 is 6.03 Å². The number of carbonyl (C=O) groups excluding carboxylic acids is 1. The van der Waals surface area contributed by atoms with E-state index in [-0.39, 0.29) is 16.9 Å². The third kappa shape index (κ3) is 4.51. The number of aryl methyl sites for hydroxylation is 1. The average molecular weight is 410 g/mol. The lowest BCUT2D eigenvalue weighted by Crippen LogP contribution is -2.23. The number of methoxy groups -OCH3 is 1. The van der Waals surface area contributed by atoms with Crippen LogP contribution in [0.3, 0.4) is 0 Å². The lowest BCUT2D eigenvalue weighted by atomic mass is 9.92. The van der Waals surface area contributed by atoms with E-state index in [1.54, 1.807) is 51.3 Å². The topological polar surface area (TPSA) is 114 Å². The third-order valence-electron chi connectivity index (χ3n) is 4.63. The van der Waals surface area contributed by atoms with Crippen LogP contribution >= 0.6 is 0 Å². The highest BCUT2D eigenvalue weighted by molar-refractivity contribution is 5.99. The van der Waals surface area contributed by atoms with Crippen LogP contribution in [-0.4, -0.2) is 32.9 Å². The quantitative estimate of drug-likeness (QED) is 0.609. The highest BCUT2D eigenvalue weighted by atomic mass is 16.5. The van der Waals surface area contributed by atoms with Gasteiger partial charge in [0, 0.05) is 34.5 Å². The Morgan fingerprint density at radius 1 is 1.17 bits per heavy atom. The van der Waals surface area contributed by atoms with E-state index < -0.39 is 6.03 Å². The Labute approximate surface area is 174 Å². The zero-order chi connectivity index (χ0) is 22.1. The standard InChI is InChI=1S/C21H26N6O3/c1-12-13(2)22-19(25-18(12)28)27-17(11-16(26-27)21(3,4)5)24-20(29)23-14-8-7-9-15(10-14)30-6/h7-11H,1-6H3,(H,22,25,28)(H2,23,24,29). The van der Waals surface area contributed by atoms with Gasteiger partial charge in [-0.25, -0.2) is 9.78 Å². The molecule has 0 aliphatic heterocycles. The number of carbonyl (C=O) groups is 1. The van der Waals surface area contributed by atoms with Gasteiger partial charge in [0.2, 0.25) is 5.95 Å². The Morgan fingerprint density at radius 2 is 1.90 bits per heavy atom. The third-order valence-corrected chi connectivity index (χ3v) is 4.63. The van der Waals surface area contributed by atoms with Gasteiger partial charge in [-0.2, -0.15) is 9.78 Å². The van der Waals surface area contributed by atoms with E-state index in [0.29, 0.717) is 28.5 Å². The second kappa shape index (κ2) is 8.02. The molecule has 3 aromatic rings. The molecule has 0 aliphatic rings. The van der Waals surface area contributed by atoms with Gasteiger partial charge in [-0.05, 0) is 26.0 Å². The molecule has 1 aromatic carbocycles. The molecule has 0 spiro atoms. The molecule has 3 rings (SSSR count). The Balaban J connectivity index is 1.96. The van der Waals surface area contributed by atoms with Crippen molar-refractivity contribution in [2.45, 2.75) is 40.0 Å². The van der Waals surface area contributed by atoms with Crippen LogP contribution in [0.25, 0.3) is 5.95 Å². The highest BCUT2D eigenvalue weighted by Gasteiger charge is 2.22. The number of amides is 2. The van der Waals surface area contributed by atoms with Crippen molar-refractivity contribution >= 4 is 17.5 Å². The second-order valence-electron chi connectivity index (χ2n) is 7.99. The van der Waals surface area contributed by atoms with E-state index in [0.717, 1.165) is 5.69 Å². The number of hydrogen-bond donors (Lipinski definition) is 3. The maximum atomic E-state index is 12.6. The first-order valence-electron chi connectivity index (χ1n) is 9.49. The van der Waals surface area contributed by atoms with Crippen molar-refractivity contribution in [1.82, 2.24) is 19.7 Å². The molecule has 0 bridgehead atoms. The summed E-state index contributed by atoms with van der Waals surface area (Å²) in [6.07, 6.45) is 0. The first-order valence-corrected chi connectivity index (χ1v) is 9.49. The lowest BCUT2D eigenvalue weighted by Gasteiger charge is -2.14. The second-order valence-corrected chi connectivity index (χ2v) is 7.99. The molecule has 9 heteroatoms. The van der Waals surface area contributed by atoms with E-state index in [9.17, 15) is 9.59 Å². The van der Waals surface area contributed by atoms with Crippen LogP contribution in [0.4, 0.5) is 16.3 Å². The molecular weight excluding hydrogens is 384 g/mol. The minimum atomic E-state index is -0.462. The van der Waals surface area contributed by atoms with Gasteiger partial charge < -0.3 is 10.1 Å². The molecule has 0 fully saturated rings. The molecule has 0 saturated heterocycles. The number of nitrogens with one attached hydrogen (secondary N) is 3. The number of rotatable bonds is 4. The number of aromatic amines is 1. The van der Waals surface area contributed by atoms with E-state index in [1.165, 1.54) is 4.68 Å². The smallest absolute Gasteiger partial charge is 0.324 e. The number of ether oxygens (including phenoxy) is 1. The number of H-pyrrole nitrogens is 1. The summed E-state index contributed by atoms with van der Waals surface area (Å²) < 4.78 is 6.61. The maximum Gasteiger partial charge on any atom is 0.324 e. The van der Waals surface area contributed by atoms with E-state index in [4.69, 9.17) is 4.74 Å². The van der Waals surface area contributed by atoms with Crippen LogP contribution in [0, 0.1) is 13.8 Å². The molecule has 0 atom stereocenters. The first-order chi connectivity index (χ1) is 14.1. The highest BCUT2D eigenvalue weighted by Crippen LogP contribution is 2.25. The molecule has 0 aliphatic carbocycles. The average Bonchev–Trinajstić information content (AvgIpc) is 3.10. The maximum absolute atomic E-state index is 12.6. The minimum absolute atomic E-state index is 0.232. The number of anilines is 2. The zero-order valence-electron chi connectivity index (χ0n) is 18.0. The Kier molecular flexibility index (Phi) is 5.64. The molecule has 0 saturated carbocycles. The predicted molar refractivity (Wildman–Crippen MR) is 116 cm³/mol. The van der Waals surface area contributed by atoms with Crippen molar-refractivity contribution in [3.63, 3.8) is 0 Å². The number of aromatic nitrogens is 4. The molecule has 0 unspecified atom stereocenters. The van der Waals surface area contributed by atoms with Crippen molar-refractivity contribution in [2.24, 2.45) is 0 Å². The van der Waals surface area contributed by atoms with Gasteiger partial charge in [-0.1, -0.05) is 26.8 Å². The normalized spacial score (nSPS) is 11.3. The van der Waals surface area contributed by atoms with Crippen LogP contribution in [0.1, 0.15) is 37.7 Å². The SMILES string of the molecule is COc1cccc(NC(=O)Nc2cc(C(C)(C)C)nn2-c2nc(C)c(C)c(=O)[nH]2)c1. The van der Waals surface area contributed by atoms with Gasteiger partial charge in [0.05, 0.1) is 12.8 Å². The molecule has 2 amide bonds. The number of urea groups is 1. The van der Waals surface area contributed by atoms with Gasteiger partial charge in [-0.3, -0.25) is 15.1 Å². The molecular formula is C21H26N6O3. The Hall–Kier alpha value is -3.62. The van der Waals surface area contributed by atoms with Crippen molar-refractivity contribution in [2.75, 3.05) is 17.7 Å². The monoisotopic (exact) mass is 410 g/mol. The summed E-state index contributed by atoms with van der Waals surface area (Å²) in [5.41, 5.74) is 1.91. The molecule has 3 N–H and O–H groups in total. The van der Waals surface area contributed by atoms with Gasteiger partial charge in [-0.15, -0.1) is 0 Å². The molecule has 0 radical (unpaired) electrons. The van der Waals surface area contributed by atoms with E-state index >= 15 is 0 Å². The molecule has 2 aromatic heterocycles. The van der Waals surface area contributed by atoms with Crippen molar-refractivity contribution in [1.29, 1.82) is 0 Å². The summed E-state index contributed by atoms with van der Waals surface area (Å²) in [7, 11) is 1.56. The van der Waals surface area contributed by atoms with Crippen LogP contribution < -0.4 is 20.9 Å². The fourth-order valence-corrected chi connectivity index (χ4v) is 2.71. The Bertz CT molecular complexity index is 1140. The zero-order valence-corrected chi connectivity index (χ0v) is 18.0. The predicted octanol–water partition coefficient (Wildman–Crippen LogP) is 3.52. The minimum Gasteiger partial charge on any atom is -0.497 e. The number of nitrogens with zero attached hydrogens (tertiary/aromatic N) is 3. The lowest BCUT2D eigenvalue weighted by molar-refractivity contribution is 0.262. The van der Waals surface area contributed by atoms with Crippen LogP contribution in [0.2, 0.25) is 0 Å². The molecule has 2 heterocycles. The molecule has 9 nitrogen and oxygen atoms in total. The summed E-state index contributed by atoms with van der Waals surface area (Å²) >= 11 is 0. The van der Waals surface area contributed by atoms with Gasteiger partial charge in [0.1, 0.15) is 11.6 Å².